The zero-order valence-electron chi connectivity index (χ0n) is 17.1. The molecule has 0 aliphatic carbocycles. The summed E-state index contributed by atoms with van der Waals surface area (Å²) in [5, 5.41) is 14.3. The number of hydrogen-bond donors (Lipinski definition) is 1. The first-order valence-corrected chi connectivity index (χ1v) is 12.1. The lowest BCUT2D eigenvalue weighted by molar-refractivity contribution is -0.126. The smallest absolute Gasteiger partial charge is 0.244 e. The summed E-state index contributed by atoms with van der Waals surface area (Å²) in [6.07, 6.45) is 0.927. The maximum atomic E-state index is 12.9. The Bertz CT molecular complexity index is 1010. The summed E-state index contributed by atoms with van der Waals surface area (Å²) in [4.78, 5) is 16.0. The van der Waals surface area contributed by atoms with Crippen molar-refractivity contribution in [3.8, 4) is 6.07 Å². The number of carbonyl (C=O) groups excluding carboxylic acids is 1. The summed E-state index contributed by atoms with van der Waals surface area (Å²) >= 11 is 1.66. The maximum Gasteiger partial charge on any atom is 0.244 e. The Morgan fingerprint density at radius 1 is 1.27 bits per heavy atom. The molecular formula is C21H26N4O3S2. The van der Waals surface area contributed by atoms with Crippen molar-refractivity contribution in [3.63, 3.8) is 0 Å². The average Bonchev–Trinajstić information content (AvgIpc) is 3.28. The number of benzene rings is 1. The van der Waals surface area contributed by atoms with E-state index in [1.165, 1.54) is 21.3 Å². The highest BCUT2D eigenvalue weighted by Crippen LogP contribution is 2.26. The minimum atomic E-state index is -3.75. The standard InChI is InChI=1S/C21H26N4O3S2/c1-24(2)18(19-7-5-13-29-19)15-23-21(26)16-9-11-25(12-10-16)30(27,28)20-8-4-3-6-17(20)14-22/h3-8,13,16,18H,9-12,15H2,1-2H3,(H,23,26). The van der Waals surface area contributed by atoms with Gasteiger partial charge in [0.15, 0.2) is 0 Å². The molecule has 0 spiro atoms. The quantitative estimate of drug-likeness (QED) is 0.705. The SMILES string of the molecule is CN(C)C(CNC(=O)C1CCN(S(=O)(=O)c2ccccc2C#N)CC1)c1cccs1. The molecule has 2 heterocycles. The van der Waals surface area contributed by atoms with Crippen molar-refractivity contribution in [1.29, 1.82) is 5.26 Å². The predicted molar refractivity (Wildman–Crippen MR) is 116 cm³/mol. The van der Waals surface area contributed by atoms with Crippen LogP contribution in [0.1, 0.15) is 29.3 Å². The molecule has 1 amide bonds. The molecule has 7 nitrogen and oxygen atoms in total. The van der Waals surface area contributed by atoms with E-state index in [-0.39, 0.29) is 41.4 Å². The third kappa shape index (κ3) is 4.90. The number of sulfonamides is 1. The number of carbonyl (C=O) groups is 1. The molecule has 1 atom stereocenters. The molecule has 1 N–H and O–H groups in total. The Labute approximate surface area is 182 Å². The fourth-order valence-corrected chi connectivity index (χ4v) is 6.18. The molecule has 1 aromatic carbocycles. The summed E-state index contributed by atoms with van der Waals surface area (Å²) in [5.41, 5.74) is 0.140. The van der Waals surface area contributed by atoms with E-state index in [0.29, 0.717) is 19.4 Å². The second-order valence-corrected chi connectivity index (χ2v) is 10.4. The molecule has 0 saturated carbocycles. The Morgan fingerprint density at radius 2 is 1.97 bits per heavy atom. The highest BCUT2D eigenvalue weighted by atomic mass is 32.2. The van der Waals surface area contributed by atoms with Gasteiger partial charge in [0, 0.05) is 30.4 Å². The molecule has 2 aromatic rings. The van der Waals surface area contributed by atoms with Crippen molar-refractivity contribution in [1.82, 2.24) is 14.5 Å². The number of likely N-dealkylation sites (N-methyl/N-ethyl adjacent to an activating group) is 1. The van der Waals surface area contributed by atoms with Gasteiger partial charge in [-0.2, -0.15) is 9.57 Å². The molecule has 160 valence electrons. The molecule has 1 aliphatic heterocycles. The van der Waals surface area contributed by atoms with Gasteiger partial charge < -0.3 is 10.2 Å². The van der Waals surface area contributed by atoms with Crippen molar-refractivity contribution in [2.75, 3.05) is 33.7 Å². The van der Waals surface area contributed by atoms with Gasteiger partial charge in [0.05, 0.1) is 16.5 Å². The summed E-state index contributed by atoms with van der Waals surface area (Å²) in [6.45, 7) is 1.05. The van der Waals surface area contributed by atoms with Crippen LogP contribution in [0.3, 0.4) is 0 Å². The minimum absolute atomic E-state index is 0.0279. The van der Waals surface area contributed by atoms with E-state index in [1.54, 1.807) is 23.5 Å². The van der Waals surface area contributed by atoms with Crippen molar-refractivity contribution in [2.45, 2.75) is 23.8 Å². The van der Waals surface area contributed by atoms with E-state index in [0.717, 1.165) is 0 Å². The molecule has 1 fully saturated rings. The monoisotopic (exact) mass is 446 g/mol. The van der Waals surface area contributed by atoms with Crippen molar-refractivity contribution >= 4 is 27.3 Å². The second kappa shape index (κ2) is 9.71. The van der Waals surface area contributed by atoms with Crippen LogP contribution < -0.4 is 5.32 Å². The number of hydrogen-bond acceptors (Lipinski definition) is 6. The summed E-state index contributed by atoms with van der Waals surface area (Å²) in [6, 6.07) is 12.3. The Balaban J connectivity index is 1.58. The van der Waals surface area contributed by atoms with Crippen LogP contribution in [0.25, 0.3) is 0 Å². The molecule has 1 unspecified atom stereocenters. The van der Waals surface area contributed by atoms with Crippen LogP contribution in [0.2, 0.25) is 0 Å². The first-order chi connectivity index (χ1) is 14.3. The first kappa shape index (κ1) is 22.4. The van der Waals surface area contributed by atoms with Gasteiger partial charge in [0.1, 0.15) is 6.07 Å². The van der Waals surface area contributed by atoms with Gasteiger partial charge in [0.2, 0.25) is 15.9 Å². The topological polar surface area (TPSA) is 93.5 Å². The Kier molecular flexibility index (Phi) is 7.26. The molecular weight excluding hydrogens is 420 g/mol. The van der Waals surface area contributed by atoms with Gasteiger partial charge in [-0.05, 0) is 50.5 Å². The molecule has 3 rings (SSSR count). The lowest BCUT2D eigenvalue weighted by Gasteiger charge is -2.31. The van der Waals surface area contributed by atoms with Crippen molar-refractivity contribution < 1.29 is 13.2 Å². The van der Waals surface area contributed by atoms with E-state index in [4.69, 9.17) is 0 Å². The van der Waals surface area contributed by atoms with E-state index in [2.05, 4.69) is 16.3 Å². The summed E-state index contributed by atoms with van der Waals surface area (Å²) in [7, 11) is 0.224. The van der Waals surface area contributed by atoms with E-state index < -0.39 is 10.0 Å². The summed E-state index contributed by atoms with van der Waals surface area (Å²) < 4.78 is 27.2. The van der Waals surface area contributed by atoms with E-state index >= 15 is 0 Å². The van der Waals surface area contributed by atoms with Crippen LogP contribution in [-0.2, 0) is 14.8 Å². The highest BCUT2D eigenvalue weighted by molar-refractivity contribution is 7.89. The zero-order valence-corrected chi connectivity index (χ0v) is 18.7. The average molecular weight is 447 g/mol. The van der Waals surface area contributed by atoms with Gasteiger partial charge in [-0.3, -0.25) is 4.79 Å². The van der Waals surface area contributed by atoms with Crippen LogP contribution in [0.5, 0.6) is 0 Å². The van der Waals surface area contributed by atoms with Crippen LogP contribution in [0.4, 0.5) is 0 Å². The molecule has 0 bridgehead atoms. The van der Waals surface area contributed by atoms with Crippen LogP contribution >= 0.6 is 11.3 Å². The largest absolute Gasteiger partial charge is 0.354 e. The third-order valence-electron chi connectivity index (χ3n) is 5.41. The molecule has 1 aliphatic rings. The van der Waals surface area contributed by atoms with Gasteiger partial charge in [-0.1, -0.05) is 18.2 Å². The number of nitrogens with one attached hydrogen (secondary N) is 1. The van der Waals surface area contributed by atoms with Crippen LogP contribution in [0, 0.1) is 17.2 Å². The second-order valence-electron chi connectivity index (χ2n) is 7.53. The summed E-state index contributed by atoms with van der Waals surface area (Å²) in [5.74, 6) is -0.248. The number of amides is 1. The number of rotatable bonds is 7. The van der Waals surface area contributed by atoms with Gasteiger partial charge >= 0.3 is 0 Å². The molecule has 30 heavy (non-hydrogen) atoms. The zero-order chi connectivity index (χ0) is 21.7. The third-order valence-corrected chi connectivity index (χ3v) is 8.34. The normalized spacial score (nSPS) is 16.9. The maximum absolute atomic E-state index is 12.9. The number of nitrogens with zero attached hydrogens (tertiary/aromatic N) is 3. The Hall–Kier alpha value is -2.25. The first-order valence-electron chi connectivity index (χ1n) is 9.81. The van der Waals surface area contributed by atoms with E-state index in [9.17, 15) is 18.5 Å². The molecule has 0 radical (unpaired) electrons. The van der Waals surface area contributed by atoms with Gasteiger partial charge in [0.25, 0.3) is 0 Å². The molecule has 1 saturated heterocycles. The fraction of sp³-hybridized carbons (Fsp3) is 0.429. The van der Waals surface area contributed by atoms with E-state index in [1.807, 2.05) is 31.6 Å². The molecule has 1 aromatic heterocycles. The predicted octanol–water partition coefficient (Wildman–Crippen LogP) is 2.44. The Morgan fingerprint density at radius 3 is 2.57 bits per heavy atom. The fourth-order valence-electron chi connectivity index (χ4n) is 3.64. The highest BCUT2D eigenvalue weighted by Gasteiger charge is 2.33. The van der Waals surface area contributed by atoms with Crippen LogP contribution in [0.15, 0.2) is 46.7 Å². The van der Waals surface area contributed by atoms with Crippen LogP contribution in [-0.4, -0.2) is 57.3 Å². The number of piperidine rings is 1. The van der Waals surface area contributed by atoms with Gasteiger partial charge in [-0.25, -0.2) is 8.42 Å². The molecule has 9 heteroatoms. The minimum Gasteiger partial charge on any atom is -0.354 e. The van der Waals surface area contributed by atoms with Crippen molar-refractivity contribution in [3.05, 3.63) is 52.2 Å². The number of nitriles is 1. The number of thiophene rings is 1. The van der Waals surface area contributed by atoms with Crippen molar-refractivity contribution in [2.24, 2.45) is 5.92 Å². The lowest BCUT2D eigenvalue weighted by atomic mass is 9.97. The van der Waals surface area contributed by atoms with Gasteiger partial charge in [-0.15, -0.1) is 11.3 Å². The lowest BCUT2D eigenvalue weighted by Crippen LogP contribution is -2.44.